The maximum Gasteiger partial charge on any atom is 0.255 e. The van der Waals surface area contributed by atoms with Gasteiger partial charge in [0.25, 0.3) is 5.91 Å². The first-order chi connectivity index (χ1) is 11.4. The third-order valence-corrected chi connectivity index (χ3v) is 6.27. The van der Waals surface area contributed by atoms with Gasteiger partial charge in [-0.3, -0.25) is 4.79 Å². The molecule has 5 nitrogen and oxygen atoms in total. The Hall–Kier alpha value is -2.25. The molecule has 0 aliphatic rings. The summed E-state index contributed by atoms with van der Waals surface area (Å²) in [4.78, 5) is 17.0. The van der Waals surface area contributed by atoms with Crippen molar-refractivity contribution in [1.82, 2.24) is 4.98 Å². The molecule has 24 heavy (non-hydrogen) atoms. The van der Waals surface area contributed by atoms with E-state index < -0.39 is 9.84 Å². The molecule has 124 valence electrons. The number of fused-ring (bicyclic) bond motifs is 1. The van der Waals surface area contributed by atoms with Gasteiger partial charge in [-0.15, -0.1) is 11.3 Å². The Morgan fingerprint density at radius 1 is 1.21 bits per heavy atom. The summed E-state index contributed by atoms with van der Waals surface area (Å²) in [5, 5.41) is 3.75. The van der Waals surface area contributed by atoms with Crippen molar-refractivity contribution in [2.24, 2.45) is 0 Å². The van der Waals surface area contributed by atoms with Crippen molar-refractivity contribution in [3.8, 4) is 0 Å². The second-order valence-electron chi connectivity index (χ2n) is 5.30. The van der Waals surface area contributed by atoms with E-state index in [0.29, 0.717) is 11.3 Å². The number of aryl methyl sites for hydroxylation is 1. The van der Waals surface area contributed by atoms with Crippen molar-refractivity contribution in [2.75, 3.05) is 11.1 Å². The third kappa shape index (κ3) is 3.32. The van der Waals surface area contributed by atoms with Gasteiger partial charge in [0.2, 0.25) is 0 Å². The van der Waals surface area contributed by atoms with Gasteiger partial charge in [-0.05, 0) is 43.3 Å². The van der Waals surface area contributed by atoms with Crippen molar-refractivity contribution >= 4 is 43.0 Å². The molecule has 1 aromatic heterocycles. The lowest BCUT2D eigenvalue weighted by Crippen LogP contribution is -2.13. The molecule has 0 saturated heterocycles. The maximum atomic E-state index is 12.4. The molecule has 1 N–H and O–H groups in total. The van der Waals surface area contributed by atoms with Gasteiger partial charge in [0.15, 0.2) is 9.84 Å². The van der Waals surface area contributed by atoms with Crippen LogP contribution in [0.15, 0.2) is 47.4 Å². The number of hydrogen-bond donors (Lipinski definition) is 1. The number of anilines is 1. The number of aromatic nitrogens is 1. The Labute approximate surface area is 144 Å². The van der Waals surface area contributed by atoms with Crippen molar-refractivity contribution in [3.63, 3.8) is 0 Å². The Kier molecular flexibility index (Phi) is 4.38. The lowest BCUT2D eigenvalue weighted by atomic mass is 10.2. The molecule has 0 bridgehead atoms. The molecule has 7 heteroatoms. The average Bonchev–Trinajstić information content (AvgIpc) is 2.94. The zero-order valence-corrected chi connectivity index (χ0v) is 14.9. The zero-order valence-electron chi connectivity index (χ0n) is 13.2. The highest BCUT2D eigenvalue weighted by Gasteiger charge is 2.14. The van der Waals surface area contributed by atoms with Crippen LogP contribution in [0.1, 0.15) is 22.3 Å². The summed E-state index contributed by atoms with van der Waals surface area (Å²) in [5.74, 6) is -0.354. The van der Waals surface area contributed by atoms with E-state index in [1.165, 1.54) is 12.1 Å². The molecule has 0 atom stereocenters. The molecule has 1 heterocycles. The van der Waals surface area contributed by atoms with Crippen molar-refractivity contribution < 1.29 is 13.2 Å². The minimum atomic E-state index is -3.34. The summed E-state index contributed by atoms with van der Waals surface area (Å²) < 4.78 is 24.9. The highest BCUT2D eigenvalue weighted by Crippen LogP contribution is 2.25. The molecule has 3 rings (SSSR count). The minimum Gasteiger partial charge on any atom is -0.322 e. The van der Waals surface area contributed by atoms with Gasteiger partial charge in [-0.25, -0.2) is 13.4 Å². The number of benzene rings is 2. The van der Waals surface area contributed by atoms with Crippen LogP contribution < -0.4 is 5.32 Å². The lowest BCUT2D eigenvalue weighted by Gasteiger charge is -2.07. The van der Waals surface area contributed by atoms with E-state index in [1.807, 2.05) is 25.1 Å². The summed E-state index contributed by atoms with van der Waals surface area (Å²) in [6.07, 6.45) is 0. The maximum absolute atomic E-state index is 12.4. The van der Waals surface area contributed by atoms with Gasteiger partial charge in [-0.2, -0.15) is 0 Å². The van der Waals surface area contributed by atoms with Crippen LogP contribution in [0.2, 0.25) is 0 Å². The van der Waals surface area contributed by atoms with E-state index in [0.717, 1.165) is 15.2 Å². The Morgan fingerprint density at radius 2 is 2.00 bits per heavy atom. The van der Waals surface area contributed by atoms with Gasteiger partial charge in [-0.1, -0.05) is 13.0 Å². The molecule has 0 unspecified atom stereocenters. The molecule has 0 saturated carbocycles. The van der Waals surface area contributed by atoms with Crippen LogP contribution in [0.3, 0.4) is 0 Å². The molecule has 0 fully saturated rings. The quantitative estimate of drug-likeness (QED) is 0.770. The number of sulfone groups is 1. The number of carbonyl (C=O) groups is 1. The summed E-state index contributed by atoms with van der Waals surface area (Å²) in [6, 6.07) is 11.6. The van der Waals surface area contributed by atoms with Crippen LogP contribution in [-0.2, 0) is 9.84 Å². The predicted octanol–water partition coefficient (Wildman–Crippen LogP) is 3.65. The number of nitrogens with one attached hydrogen (secondary N) is 1. The first-order valence-electron chi connectivity index (χ1n) is 7.40. The Morgan fingerprint density at radius 3 is 2.75 bits per heavy atom. The lowest BCUT2D eigenvalue weighted by molar-refractivity contribution is 0.102. The molecule has 0 radical (unpaired) electrons. The minimum absolute atomic E-state index is 0.00207. The number of hydrogen-bond acceptors (Lipinski definition) is 5. The number of rotatable bonds is 4. The van der Waals surface area contributed by atoms with Crippen LogP contribution in [0.5, 0.6) is 0 Å². The highest BCUT2D eigenvalue weighted by molar-refractivity contribution is 7.91. The summed E-state index contributed by atoms with van der Waals surface area (Å²) in [5.41, 5.74) is 1.76. The molecule has 0 spiro atoms. The molecule has 2 aromatic carbocycles. The van der Waals surface area contributed by atoms with Gasteiger partial charge < -0.3 is 5.32 Å². The smallest absolute Gasteiger partial charge is 0.255 e. The fraction of sp³-hybridized carbons (Fsp3) is 0.176. The van der Waals surface area contributed by atoms with E-state index in [1.54, 1.807) is 30.4 Å². The van der Waals surface area contributed by atoms with Crippen LogP contribution in [0.25, 0.3) is 10.2 Å². The third-order valence-electron chi connectivity index (χ3n) is 3.59. The first-order valence-corrected chi connectivity index (χ1v) is 9.87. The summed E-state index contributed by atoms with van der Waals surface area (Å²) in [7, 11) is -3.34. The fourth-order valence-corrected chi connectivity index (χ4v) is 4.05. The molecular weight excluding hydrogens is 344 g/mol. The molecule has 3 aromatic rings. The zero-order chi connectivity index (χ0) is 17.3. The molecule has 0 aliphatic heterocycles. The van der Waals surface area contributed by atoms with E-state index in [4.69, 9.17) is 0 Å². The molecule has 1 amide bonds. The average molecular weight is 360 g/mol. The largest absolute Gasteiger partial charge is 0.322 e. The second-order valence-corrected chi connectivity index (χ2v) is 8.81. The van der Waals surface area contributed by atoms with Crippen molar-refractivity contribution in [2.45, 2.75) is 18.7 Å². The van der Waals surface area contributed by atoms with E-state index in [2.05, 4.69) is 10.3 Å². The Bertz CT molecular complexity index is 1020. The van der Waals surface area contributed by atoms with E-state index >= 15 is 0 Å². The highest BCUT2D eigenvalue weighted by atomic mass is 32.2. The van der Waals surface area contributed by atoms with Crippen molar-refractivity contribution in [1.29, 1.82) is 0 Å². The number of carbonyl (C=O) groups excluding carboxylic acids is 1. The first kappa shape index (κ1) is 16.6. The monoisotopic (exact) mass is 360 g/mol. The fourth-order valence-electron chi connectivity index (χ4n) is 2.32. The number of amides is 1. The van der Waals surface area contributed by atoms with Crippen LogP contribution in [0, 0.1) is 6.92 Å². The van der Waals surface area contributed by atoms with Gasteiger partial charge >= 0.3 is 0 Å². The summed E-state index contributed by atoms with van der Waals surface area (Å²) >= 11 is 1.59. The molecule has 0 aliphatic carbocycles. The standard InChI is InChI=1S/C17H16N2O3S2/c1-3-24(21,22)14-6-4-5-12(9-14)17(20)19-13-7-8-16-15(10-13)18-11(2)23-16/h4-10H,3H2,1-2H3,(H,19,20). The van der Waals surface area contributed by atoms with Crippen LogP contribution >= 0.6 is 11.3 Å². The SMILES string of the molecule is CCS(=O)(=O)c1cccc(C(=O)Nc2ccc3sc(C)nc3c2)c1. The normalized spacial score (nSPS) is 11.6. The number of thiazole rings is 1. The van der Waals surface area contributed by atoms with Gasteiger partial charge in [0.1, 0.15) is 0 Å². The van der Waals surface area contributed by atoms with E-state index in [9.17, 15) is 13.2 Å². The summed E-state index contributed by atoms with van der Waals surface area (Å²) in [6.45, 7) is 3.51. The van der Waals surface area contributed by atoms with Crippen LogP contribution in [-0.4, -0.2) is 25.1 Å². The Balaban J connectivity index is 1.87. The topological polar surface area (TPSA) is 76.1 Å². The molecular formula is C17H16N2O3S2. The van der Waals surface area contributed by atoms with Gasteiger partial charge in [0.05, 0.1) is 25.9 Å². The van der Waals surface area contributed by atoms with Gasteiger partial charge in [0, 0.05) is 11.3 Å². The van der Waals surface area contributed by atoms with Crippen molar-refractivity contribution in [3.05, 3.63) is 53.0 Å². The second kappa shape index (κ2) is 6.33. The predicted molar refractivity (Wildman–Crippen MR) is 96.5 cm³/mol. The van der Waals surface area contributed by atoms with E-state index in [-0.39, 0.29) is 16.6 Å². The van der Waals surface area contributed by atoms with Crippen LogP contribution in [0.4, 0.5) is 5.69 Å². The number of nitrogens with zero attached hydrogens (tertiary/aromatic N) is 1.